The topological polar surface area (TPSA) is 68.3 Å². The van der Waals surface area contributed by atoms with Crippen molar-refractivity contribution in [2.75, 3.05) is 12.4 Å². The number of aryl methyl sites for hydroxylation is 2. The zero-order chi connectivity index (χ0) is 19.3. The number of nitrogens with zero attached hydrogens (tertiary/aromatic N) is 1. The highest BCUT2D eigenvalue weighted by molar-refractivity contribution is 7.17. The number of nitrogens with one attached hydrogen (secondary N) is 1. The second kappa shape index (κ2) is 8.45. The van der Waals surface area contributed by atoms with E-state index >= 15 is 0 Å². The van der Waals surface area contributed by atoms with E-state index in [1.54, 1.807) is 0 Å². The van der Waals surface area contributed by atoms with Crippen LogP contribution in [0.2, 0.25) is 0 Å². The Balaban J connectivity index is 1.95. The molecule has 0 spiro atoms. The molecule has 0 fully saturated rings. The first-order valence-corrected chi connectivity index (χ1v) is 9.53. The molecule has 0 atom stereocenters. The molecule has 26 heavy (non-hydrogen) atoms. The third-order valence-electron chi connectivity index (χ3n) is 4.11. The van der Waals surface area contributed by atoms with Crippen LogP contribution >= 0.6 is 11.3 Å². The molecule has 1 heterocycles. The first kappa shape index (κ1) is 20.1. The van der Waals surface area contributed by atoms with Gasteiger partial charge >= 0.3 is 5.97 Å². The Kier molecular flexibility index (Phi) is 6.53. The predicted octanol–water partition coefficient (Wildman–Crippen LogP) is 4.36. The SMILES string of the molecule is CCc1nc(NC(=O)CCc2ccc(C(C)(C)C)cc2)sc1C(=O)OC. The summed E-state index contributed by atoms with van der Waals surface area (Å²) in [4.78, 5) is 28.7. The number of anilines is 1. The summed E-state index contributed by atoms with van der Waals surface area (Å²) in [7, 11) is 1.34. The molecule has 1 aromatic heterocycles. The lowest BCUT2D eigenvalue weighted by molar-refractivity contribution is -0.116. The van der Waals surface area contributed by atoms with Crippen LogP contribution in [0.25, 0.3) is 0 Å². The van der Waals surface area contributed by atoms with Gasteiger partial charge in [0.2, 0.25) is 5.91 Å². The number of rotatable bonds is 6. The summed E-state index contributed by atoms with van der Waals surface area (Å²) < 4.78 is 4.75. The lowest BCUT2D eigenvalue weighted by atomic mass is 9.86. The maximum absolute atomic E-state index is 12.2. The number of aromatic nitrogens is 1. The predicted molar refractivity (Wildman–Crippen MR) is 105 cm³/mol. The second-order valence-electron chi connectivity index (χ2n) is 7.14. The van der Waals surface area contributed by atoms with E-state index < -0.39 is 5.97 Å². The fraction of sp³-hybridized carbons (Fsp3) is 0.450. The summed E-state index contributed by atoms with van der Waals surface area (Å²) in [6.07, 6.45) is 1.63. The molecule has 140 valence electrons. The number of esters is 1. The summed E-state index contributed by atoms with van der Waals surface area (Å²) in [6.45, 7) is 8.44. The zero-order valence-corrected chi connectivity index (χ0v) is 16.8. The van der Waals surface area contributed by atoms with E-state index in [2.05, 4.69) is 55.3 Å². The number of thiazole rings is 1. The highest BCUT2D eigenvalue weighted by atomic mass is 32.1. The molecule has 0 saturated carbocycles. The number of carbonyl (C=O) groups excluding carboxylic acids is 2. The van der Waals surface area contributed by atoms with Crippen LogP contribution in [0.4, 0.5) is 5.13 Å². The molecule has 0 bridgehead atoms. The van der Waals surface area contributed by atoms with Crippen LogP contribution in [-0.2, 0) is 27.8 Å². The van der Waals surface area contributed by atoms with Crippen LogP contribution in [0, 0.1) is 0 Å². The molecule has 2 rings (SSSR count). The van der Waals surface area contributed by atoms with Gasteiger partial charge in [0.15, 0.2) is 5.13 Å². The minimum Gasteiger partial charge on any atom is -0.465 e. The summed E-state index contributed by atoms with van der Waals surface area (Å²) in [5.74, 6) is -0.531. The minimum atomic E-state index is -0.418. The molecule has 5 nitrogen and oxygen atoms in total. The summed E-state index contributed by atoms with van der Waals surface area (Å²) >= 11 is 1.15. The van der Waals surface area contributed by atoms with Gasteiger partial charge in [0.25, 0.3) is 0 Å². The van der Waals surface area contributed by atoms with E-state index in [0.29, 0.717) is 35.0 Å². The number of carbonyl (C=O) groups is 2. The monoisotopic (exact) mass is 374 g/mol. The van der Waals surface area contributed by atoms with Crippen molar-refractivity contribution in [3.05, 3.63) is 46.0 Å². The molecule has 0 radical (unpaired) electrons. The molecule has 1 aromatic carbocycles. The molecule has 0 unspecified atom stereocenters. The second-order valence-corrected chi connectivity index (χ2v) is 8.13. The van der Waals surface area contributed by atoms with Gasteiger partial charge < -0.3 is 10.1 Å². The quantitative estimate of drug-likeness (QED) is 0.763. The van der Waals surface area contributed by atoms with Crippen molar-refractivity contribution in [3.8, 4) is 0 Å². The van der Waals surface area contributed by atoms with Gasteiger partial charge in [0.05, 0.1) is 12.8 Å². The van der Waals surface area contributed by atoms with E-state index in [-0.39, 0.29) is 11.3 Å². The van der Waals surface area contributed by atoms with Crippen molar-refractivity contribution in [2.24, 2.45) is 0 Å². The average Bonchev–Trinajstić information content (AvgIpc) is 3.01. The molecule has 1 N–H and O–H groups in total. The van der Waals surface area contributed by atoms with Crippen molar-refractivity contribution < 1.29 is 14.3 Å². The third-order valence-corrected chi connectivity index (χ3v) is 5.10. The Morgan fingerprint density at radius 1 is 1.19 bits per heavy atom. The lowest BCUT2D eigenvalue weighted by Gasteiger charge is -2.19. The Labute approximate surface area is 158 Å². The molecule has 0 saturated heterocycles. The van der Waals surface area contributed by atoms with Gasteiger partial charge in [-0.25, -0.2) is 9.78 Å². The number of hydrogen-bond acceptors (Lipinski definition) is 5. The number of benzene rings is 1. The molecule has 0 aliphatic carbocycles. The van der Waals surface area contributed by atoms with Crippen LogP contribution in [0.5, 0.6) is 0 Å². The van der Waals surface area contributed by atoms with E-state index in [0.717, 1.165) is 16.9 Å². The van der Waals surface area contributed by atoms with Crippen LogP contribution in [0.1, 0.15) is 60.6 Å². The molecular weight excluding hydrogens is 348 g/mol. The zero-order valence-electron chi connectivity index (χ0n) is 16.0. The minimum absolute atomic E-state index is 0.113. The first-order chi connectivity index (χ1) is 12.2. The lowest BCUT2D eigenvalue weighted by Crippen LogP contribution is -2.13. The van der Waals surface area contributed by atoms with E-state index in [1.807, 2.05) is 6.92 Å². The largest absolute Gasteiger partial charge is 0.465 e. The Hall–Kier alpha value is -2.21. The molecule has 0 aliphatic heterocycles. The van der Waals surface area contributed by atoms with Gasteiger partial charge in [-0.15, -0.1) is 0 Å². The highest BCUT2D eigenvalue weighted by Crippen LogP contribution is 2.25. The van der Waals surface area contributed by atoms with Gasteiger partial charge in [-0.05, 0) is 29.4 Å². The highest BCUT2D eigenvalue weighted by Gasteiger charge is 2.18. The number of ether oxygens (including phenoxy) is 1. The number of amides is 1. The van der Waals surface area contributed by atoms with E-state index in [1.165, 1.54) is 12.7 Å². The fourth-order valence-corrected chi connectivity index (χ4v) is 3.50. The van der Waals surface area contributed by atoms with Crippen LogP contribution < -0.4 is 5.32 Å². The van der Waals surface area contributed by atoms with Gasteiger partial charge in [0.1, 0.15) is 4.88 Å². The normalized spacial score (nSPS) is 11.3. The molecule has 2 aromatic rings. The fourth-order valence-electron chi connectivity index (χ4n) is 2.51. The number of methoxy groups -OCH3 is 1. The van der Waals surface area contributed by atoms with Crippen molar-refractivity contribution in [2.45, 2.75) is 52.4 Å². The van der Waals surface area contributed by atoms with Crippen LogP contribution in [0.15, 0.2) is 24.3 Å². The smallest absolute Gasteiger partial charge is 0.350 e. The van der Waals surface area contributed by atoms with Gasteiger partial charge in [-0.1, -0.05) is 63.3 Å². The van der Waals surface area contributed by atoms with Crippen molar-refractivity contribution >= 4 is 28.3 Å². The van der Waals surface area contributed by atoms with E-state index in [4.69, 9.17) is 4.74 Å². The van der Waals surface area contributed by atoms with Crippen LogP contribution in [-0.4, -0.2) is 24.0 Å². The third kappa shape index (κ3) is 5.14. The number of hydrogen-bond donors (Lipinski definition) is 1. The van der Waals surface area contributed by atoms with Crippen LogP contribution in [0.3, 0.4) is 0 Å². The Morgan fingerprint density at radius 2 is 1.85 bits per heavy atom. The standard InChI is InChI=1S/C20H26N2O3S/c1-6-15-17(18(24)25-5)26-19(21-15)22-16(23)12-9-13-7-10-14(11-8-13)20(2,3)4/h7-8,10-11H,6,9,12H2,1-5H3,(H,21,22,23). The van der Waals surface area contributed by atoms with Gasteiger partial charge in [-0.3, -0.25) is 4.79 Å². The van der Waals surface area contributed by atoms with Crippen molar-refractivity contribution in [1.29, 1.82) is 0 Å². The summed E-state index contributed by atoms with van der Waals surface area (Å²) in [6, 6.07) is 8.37. The maximum Gasteiger partial charge on any atom is 0.350 e. The summed E-state index contributed by atoms with van der Waals surface area (Å²) in [5, 5.41) is 3.22. The van der Waals surface area contributed by atoms with Gasteiger partial charge in [0, 0.05) is 6.42 Å². The Morgan fingerprint density at radius 3 is 2.38 bits per heavy atom. The summed E-state index contributed by atoms with van der Waals surface area (Å²) in [5.41, 5.74) is 3.16. The van der Waals surface area contributed by atoms with Gasteiger partial charge in [-0.2, -0.15) is 0 Å². The molecule has 6 heteroatoms. The maximum atomic E-state index is 12.2. The molecule has 1 amide bonds. The average molecular weight is 375 g/mol. The van der Waals surface area contributed by atoms with Crippen molar-refractivity contribution in [1.82, 2.24) is 4.98 Å². The van der Waals surface area contributed by atoms with Crippen molar-refractivity contribution in [3.63, 3.8) is 0 Å². The first-order valence-electron chi connectivity index (χ1n) is 8.72. The molecular formula is C20H26N2O3S. The van der Waals surface area contributed by atoms with E-state index in [9.17, 15) is 9.59 Å². The molecule has 0 aliphatic rings. The Bertz CT molecular complexity index is 773.